The molecule has 1 heteroatoms. The van der Waals surface area contributed by atoms with Crippen LogP contribution in [0.15, 0.2) is 18.2 Å². The van der Waals surface area contributed by atoms with Crippen LogP contribution in [0, 0.1) is 12.8 Å². The van der Waals surface area contributed by atoms with Crippen LogP contribution in [-0.4, -0.2) is 0 Å². The summed E-state index contributed by atoms with van der Waals surface area (Å²) in [6, 6.07) is 7.38. The minimum atomic E-state index is 0.656. The van der Waals surface area contributed by atoms with Crippen LogP contribution in [0.3, 0.4) is 0 Å². The van der Waals surface area contributed by atoms with E-state index in [9.17, 15) is 0 Å². The maximum Gasteiger partial charge on any atom is 0.0357 e. The van der Waals surface area contributed by atoms with Crippen molar-refractivity contribution in [2.24, 2.45) is 5.92 Å². The minimum Gasteiger partial charge on any atom is -0.306 e. The Bertz CT molecular complexity index is 364. The first-order valence-corrected chi connectivity index (χ1v) is 6.18. The highest BCUT2D eigenvalue weighted by atomic mass is 14.9. The van der Waals surface area contributed by atoms with E-state index < -0.39 is 0 Å². The van der Waals surface area contributed by atoms with Gasteiger partial charge >= 0.3 is 0 Å². The van der Waals surface area contributed by atoms with Crippen molar-refractivity contribution in [3.05, 3.63) is 34.9 Å². The Morgan fingerprint density at radius 3 is 2.80 bits per heavy atom. The van der Waals surface area contributed by atoms with E-state index in [0.29, 0.717) is 6.04 Å². The molecule has 1 aromatic rings. The fourth-order valence-electron chi connectivity index (χ4n) is 3.36. The van der Waals surface area contributed by atoms with E-state index in [1.54, 1.807) is 5.56 Å². The highest BCUT2D eigenvalue weighted by Crippen LogP contribution is 2.40. The quantitative estimate of drug-likeness (QED) is 0.735. The smallest absolute Gasteiger partial charge is 0.0357 e. The molecule has 0 radical (unpaired) electrons. The third kappa shape index (κ3) is 1.50. The zero-order chi connectivity index (χ0) is 10.3. The zero-order valence-electron chi connectivity index (χ0n) is 9.42. The molecule has 80 valence electrons. The Kier molecular flexibility index (Phi) is 2.28. The fraction of sp³-hybridized carbons (Fsp3) is 0.571. The Balaban J connectivity index is 1.96. The molecule has 0 saturated heterocycles. The molecule has 1 unspecified atom stereocenters. The second-order valence-electron chi connectivity index (χ2n) is 5.05. The molecule has 1 fully saturated rings. The van der Waals surface area contributed by atoms with Crippen molar-refractivity contribution in [2.45, 2.75) is 45.2 Å². The molecule has 0 spiro atoms. The standard InChI is InChI=1S/C14H19N/c1-10-5-4-8-12-9-15-14(13(10)12)11-6-2-3-7-11/h4-5,8,11,14-15H,2-3,6-7,9H2,1H3. The summed E-state index contributed by atoms with van der Waals surface area (Å²) in [6.07, 6.45) is 5.71. The molecule has 1 nitrogen and oxygen atoms in total. The largest absolute Gasteiger partial charge is 0.306 e. The molecular formula is C14H19N. The average molecular weight is 201 g/mol. The number of benzene rings is 1. The van der Waals surface area contributed by atoms with Crippen molar-refractivity contribution in [1.82, 2.24) is 5.32 Å². The highest BCUT2D eigenvalue weighted by molar-refractivity contribution is 5.40. The van der Waals surface area contributed by atoms with E-state index >= 15 is 0 Å². The summed E-state index contributed by atoms with van der Waals surface area (Å²) in [5, 5.41) is 3.70. The SMILES string of the molecule is Cc1cccc2c1C(C1CCCC1)NC2. The molecule has 1 saturated carbocycles. The number of hydrogen-bond acceptors (Lipinski definition) is 1. The third-order valence-electron chi connectivity index (χ3n) is 4.11. The van der Waals surface area contributed by atoms with E-state index in [1.807, 2.05) is 0 Å². The molecule has 1 atom stereocenters. The van der Waals surface area contributed by atoms with Crippen LogP contribution in [-0.2, 0) is 6.54 Å². The van der Waals surface area contributed by atoms with Crippen molar-refractivity contribution >= 4 is 0 Å². The van der Waals surface area contributed by atoms with Gasteiger partial charge in [0.2, 0.25) is 0 Å². The maximum atomic E-state index is 3.70. The summed E-state index contributed by atoms with van der Waals surface area (Å²) in [7, 11) is 0. The molecule has 2 aliphatic rings. The highest BCUT2D eigenvalue weighted by Gasteiger charge is 2.31. The second-order valence-corrected chi connectivity index (χ2v) is 5.05. The predicted octanol–water partition coefficient (Wildman–Crippen LogP) is 3.33. The van der Waals surface area contributed by atoms with Gasteiger partial charge in [0, 0.05) is 12.6 Å². The molecule has 1 aliphatic carbocycles. The molecule has 0 amide bonds. The summed E-state index contributed by atoms with van der Waals surface area (Å²) < 4.78 is 0. The summed E-state index contributed by atoms with van der Waals surface area (Å²) in [6.45, 7) is 3.34. The van der Waals surface area contributed by atoms with Gasteiger partial charge in [0.25, 0.3) is 0 Å². The second kappa shape index (κ2) is 3.64. The van der Waals surface area contributed by atoms with Gasteiger partial charge in [-0.15, -0.1) is 0 Å². The van der Waals surface area contributed by atoms with E-state index in [1.165, 1.54) is 36.8 Å². The Morgan fingerprint density at radius 1 is 1.20 bits per heavy atom. The summed E-state index contributed by atoms with van der Waals surface area (Å²) in [5.41, 5.74) is 4.63. The van der Waals surface area contributed by atoms with Gasteiger partial charge in [-0.1, -0.05) is 31.0 Å². The molecule has 15 heavy (non-hydrogen) atoms. The number of nitrogens with one attached hydrogen (secondary N) is 1. The summed E-state index contributed by atoms with van der Waals surface area (Å²) in [4.78, 5) is 0. The minimum absolute atomic E-state index is 0.656. The van der Waals surface area contributed by atoms with E-state index in [2.05, 4.69) is 30.4 Å². The van der Waals surface area contributed by atoms with Crippen molar-refractivity contribution < 1.29 is 0 Å². The van der Waals surface area contributed by atoms with Crippen molar-refractivity contribution in [2.75, 3.05) is 0 Å². The van der Waals surface area contributed by atoms with Crippen LogP contribution >= 0.6 is 0 Å². The van der Waals surface area contributed by atoms with Crippen molar-refractivity contribution in [3.63, 3.8) is 0 Å². The first kappa shape index (κ1) is 9.41. The lowest BCUT2D eigenvalue weighted by atomic mass is 9.89. The lowest BCUT2D eigenvalue weighted by Gasteiger charge is -2.21. The van der Waals surface area contributed by atoms with Crippen molar-refractivity contribution in [3.8, 4) is 0 Å². The number of aryl methyl sites for hydroxylation is 1. The van der Waals surface area contributed by atoms with Gasteiger partial charge < -0.3 is 5.32 Å². The van der Waals surface area contributed by atoms with Gasteiger partial charge in [-0.05, 0) is 42.4 Å². The molecule has 1 heterocycles. The molecule has 3 rings (SSSR count). The number of fused-ring (bicyclic) bond motifs is 1. The van der Waals surface area contributed by atoms with Gasteiger partial charge in [0.1, 0.15) is 0 Å². The van der Waals surface area contributed by atoms with Crippen LogP contribution in [0.2, 0.25) is 0 Å². The Morgan fingerprint density at radius 2 is 2.00 bits per heavy atom. The average Bonchev–Trinajstić information content (AvgIpc) is 2.85. The number of rotatable bonds is 1. The van der Waals surface area contributed by atoms with E-state index in [0.717, 1.165) is 12.5 Å². The lowest BCUT2D eigenvalue weighted by Crippen LogP contribution is -2.20. The first-order valence-electron chi connectivity index (χ1n) is 6.18. The van der Waals surface area contributed by atoms with Crippen LogP contribution in [0.25, 0.3) is 0 Å². The lowest BCUT2D eigenvalue weighted by molar-refractivity contribution is 0.389. The molecule has 1 aliphatic heterocycles. The summed E-state index contributed by atoms with van der Waals surface area (Å²) >= 11 is 0. The van der Waals surface area contributed by atoms with Crippen LogP contribution in [0.5, 0.6) is 0 Å². The van der Waals surface area contributed by atoms with Gasteiger partial charge in [-0.25, -0.2) is 0 Å². The normalized spacial score (nSPS) is 25.8. The molecule has 0 aromatic heterocycles. The summed E-state index contributed by atoms with van der Waals surface area (Å²) in [5.74, 6) is 0.896. The van der Waals surface area contributed by atoms with Gasteiger partial charge in [-0.3, -0.25) is 0 Å². The molecule has 1 N–H and O–H groups in total. The topological polar surface area (TPSA) is 12.0 Å². The maximum absolute atomic E-state index is 3.70. The van der Waals surface area contributed by atoms with Gasteiger partial charge in [0.05, 0.1) is 0 Å². The molecular weight excluding hydrogens is 182 g/mol. The number of hydrogen-bond donors (Lipinski definition) is 1. The van der Waals surface area contributed by atoms with Crippen LogP contribution < -0.4 is 5.32 Å². The van der Waals surface area contributed by atoms with Crippen LogP contribution in [0.4, 0.5) is 0 Å². The predicted molar refractivity (Wildman–Crippen MR) is 62.7 cm³/mol. The Labute approximate surface area is 91.9 Å². The van der Waals surface area contributed by atoms with Crippen LogP contribution in [0.1, 0.15) is 48.4 Å². The van der Waals surface area contributed by atoms with E-state index in [4.69, 9.17) is 0 Å². The fourth-order valence-corrected chi connectivity index (χ4v) is 3.36. The molecule has 1 aromatic carbocycles. The van der Waals surface area contributed by atoms with Gasteiger partial charge in [0.15, 0.2) is 0 Å². The Hall–Kier alpha value is -0.820. The zero-order valence-corrected chi connectivity index (χ0v) is 9.42. The van der Waals surface area contributed by atoms with E-state index in [-0.39, 0.29) is 0 Å². The monoisotopic (exact) mass is 201 g/mol. The molecule has 0 bridgehead atoms. The third-order valence-corrected chi connectivity index (χ3v) is 4.11. The van der Waals surface area contributed by atoms with Crippen molar-refractivity contribution in [1.29, 1.82) is 0 Å². The first-order chi connectivity index (χ1) is 7.36. The van der Waals surface area contributed by atoms with Gasteiger partial charge in [-0.2, -0.15) is 0 Å².